The topological polar surface area (TPSA) is 78.9 Å². The largest absolute Gasteiger partial charge is 0.339 e. The number of hydrogen-bond donors (Lipinski definition) is 0. The maximum absolute atomic E-state index is 12.5. The first kappa shape index (κ1) is 15.2. The molecule has 0 radical (unpaired) electrons. The number of rotatable bonds is 5. The van der Waals surface area contributed by atoms with Gasteiger partial charge in [-0.15, -0.1) is 0 Å². The van der Waals surface area contributed by atoms with Crippen LogP contribution in [0.3, 0.4) is 0 Å². The quantitative estimate of drug-likeness (QED) is 0.774. The van der Waals surface area contributed by atoms with Crippen LogP contribution >= 0.6 is 0 Å². The number of carbonyl (C=O) groups excluding carboxylic acids is 1. The Balaban J connectivity index is 2.61. The number of aryl methyl sites for hydroxylation is 2. The van der Waals surface area contributed by atoms with Gasteiger partial charge in [0.25, 0.3) is 5.56 Å². The molecule has 0 unspecified atom stereocenters. The molecule has 0 aliphatic carbocycles. The van der Waals surface area contributed by atoms with E-state index in [0.717, 1.165) is 17.4 Å². The first-order chi connectivity index (χ1) is 10.0. The van der Waals surface area contributed by atoms with Gasteiger partial charge >= 0.3 is 5.69 Å². The van der Waals surface area contributed by atoms with Crippen LogP contribution < -0.4 is 11.2 Å². The van der Waals surface area contributed by atoms with Gasteiger partial charge in [0, 0.05) is 20.0 Å². The summed E-state index contributed by atoms with van der Waals surface area (Å²) in [6.45, 7) is 4.45. The van der Waals surface area contributed by atoms with E-state index in [1.807, 2.05) is 13.8 Å². The molecule has 0 aliphatic rings. The van der Waals surface area contributed by atoms with Gasteiger partial charge in [0.2, 0.25) is 5.91 Å². The average molecular weight is 292 g/mol. The average Bonchev–Trinajstić information content (AvgIpc) is 2.89. The van der Waals surface area contributed by atoms with E-state index in [9.17, 15) is 14.4 Å². The van der Waals surface area contributed by atoms with Crippen molar-refractivity contribution in [2.24, 2.45) is 7.05 Å². The first-order valence-electron chi connectivity index (χ1n) is 7.23. The monoisotopic (exact) mass is 292 g/mol. The molecule has 0 atom stereocenters. The van der Waals surface area contributed by atoms with E-state index in [1.54, 1.807) is 4.57 Å². The Bertz CT molecular complexity index is 782. The van der Waals surface area contributed by atoms with Crippen molar-refractivity contribution in [3.8, 4) is 0 Å². The molecule has 2 heterocycles. The number of nitrogens with zero attached hydrogens (tertiary/aromatic N) is 4. The third-order valence-corrected chi connectivity index (χ3v) is 3.60. The lowest BCUT2D eigenvalue weighted by Crippen LogP contribution is -2.43. The van der Waals surface area contributed by atoms with E-state index >= 15 is 0 Å². The molecule has 0 fully saturated rings. The van der Waals surface area contributed by atoms with Gasteiger partial charge in [0.1, 0.15) is 0 Å². The van der Waals surface area contributed by atoms with Crippen LogP contribution in [0, 0.1) is 0 Å². The Labute approximate surface area is 121 Å². The molecule has 0 aliphatic heterocycles. The van der Waals surface area contributed by atoms with Crippen LogP contribution in [0.5, 0.6) is 0 Å². The zero-order valence-electron chi connectivity index (χ0n) is 12.6. The van der Waals surface area contributed by atoms with Gasteiger partial charge in [-0.3, -0.25) is 14.2 Å². The molecular formula is C14H20N4O3. The summed E-state index contributed by atoms with van der Waals surface area (Å²) in [4.78, 5) is 41.0. The second kappa shape index (κ2) is 6.07. The van der Waals surface area contributed by atoms with E-state index in [4.69, 9.17) is 0 Å². The lowest BCUT2D eigenvalue weighted by Gasteiger charge is -2.08. The minimum absolute atomic E-state index is 0.203. The number of unbranched alkanes of at least 4 members (excludes halogenated alkanes) is 2. The molecule has 2 aromatic heterocycles. The molecule has 21 heavy (non-hydrogen) atoms. The van der Waals surface area contributed by atoms with E-state index in [-0.39, 0.29) is 6.42 Å². The Morgan fingerprint density at radius 3 is 2.57 bits per heavy atom. The zero-order valence-corrected chi connectivity index (χ0v) is 12.6. The summed E-state index contributed by atoms with van der Waals surface area (Å²) in [6, 6.07) is 0. The van der Waals surface area contributed by atoms with Crippen LogP contribution in [-0.2, 0) is 13.6 Å². The van der Waals surface area contributed by atoms with Gasteiger partial charge in [0.05, 0.1) is 6.33 Å². The molecule has 114 valence electrons. The molecule has 0 saturated heterocycles. The van der Waals surface area contributed by atoms with Crippen molar-refractivity contribution in [3.05, 3.63) is 27.2 Å². The minimum atomic E-state index is -0.629. The summed E-state index contributed by atoms with van der Waals surface area (Å²) < 4.78 is 3.64. The zero-order chi connectivity index (χ0) is 15.6. The maximum atomic E-state index is 12.5. The van der Waals surface area contributed by atoms with Gasteiger partial charge < -0.3 is 4.57 Å². The molecule has 0 amide bonds. The van der Waals surface area contributed by atoms with Crippen LogP contribution in [0.2, 0.25) is 0 Å². The number of hydrogen-bond acceptors (Lipinski definition) is 4. The van der Waals surface area contributed by atoms with E-state index in [2.05, 4.69) is 4.98 Å². The fourth-order valence-electron chi connectivity index (χ4n) is 2.37. The lowest BCUT2D eigenvalue weighted by molar-refractivity contribution is 0.0888. The Morgan fingerprint density at radius 2 is 1.95 bits per heavy atom. The highest BCUT2D eigenvalue weighted by molar-refractivity contribution is 5.81. The standard InChI is InChI=1S/C14H20N4O3/c1-4-6-7-8-10(19)18-13(20)11-12(16(3)14(18)21)15-9-17(11)5-2/h9H,4-8H2,1-3H3. The van der Waals surface area contributed by atoms with Gasteiger partial charge in [-0.25, -0.2) is 9.78 Å². The van der Waals surface area contributed by atoms with Crippen LogP contribution in [0.25, 0.3) is 11.2 Å². The second-order valence-corrected chi connectivity index (χ2v) is 5.04. The van der Waals surface area contributed by atoms with Crippen molar-refractivity contribution in [1.29, 1.82) is 0 Å². The molecule has 0 bridgehead atoms. The summed E-state index contributed by atoms with van der Waals surface area (Å²) >= 11 is 0. The smallest absolute Gasteiger partial charge is 0.325 e. The third kappa shape index (κ3) is 2.55. The first-order valence-corrected chi connectivity index (χ1v) is 7.23. The molecule has 2 aromatic rings. The van der Waals surface area contributed by atoms with Crippen molar-refractivity contribution in [3.63, 3.8) is 0 Å². The van der Waals surface area contributed by atoms with Crippen molar-refractivity contribution in [1.82, 2.24) is 18.7 Å². The highest BCUT2D eigenvalue weighted by Gasteiger charge is 2.19. The van der Waals surface area contributed by atoms with Gasteiger partial charge in [0.15, 0.2) is 11.2 Å². The molecule has 7 nitrogen and oxygen atoms in total. The van der Waals surface area contributed by atoms with Crippen LogP contribution in [0.4, 0.5) is 0 Å². The summed E-state index contributed by atoms with van der Waals surface area (Å²) in [5.74, 6) is -0.445. The summed E-state index contributed by atoms with van der Waals surface area (Å²) in [6.07, 6.45) is 4.26. The second-order valence-electron chi connectivity index (χ2n) is 5.04. The predicted octanol–water partition coefficient (Wildman–Crippen LogP) is 1.14. The van der Waals surface area contributed by atoms with Crippen LogP contribution in [0.15, 0.2) is 15.9 Å². The summed E-state index contributed by atoms with van der Waals surface area (Å²) in [7, 11) is 1.52. The fourth-order valence-corrected chi connectivity index (χ4v) is 2.37. The Morgan fingerprint density at radius 1 is 1.24 bits per heavy atom. The molecule has 0 N–H and O–H groups in total. The number of fused-ring (bicyclic) bond motifs is 1. The van der Waals surface area contributed by atoms with Crippen LogP contribution in [-0.4, -0.2) is 24.6 Å². The lowest BCUT2D eigenvalue weighted by atomic mass is 10.2. The predicted molar refractivity (Wildman–Crippen MR) is 79.7 cm³/mol. The fraction of sp³-hybridized carbons (Fsp3) is 0.571. The minimum Gasteiger partial charge on any atom is -0.325 e. The summed E-state index contributed by atoms with van der Waals surface area (Å²) in [5, 5.41) is 0. The normalized spacial score (nSPS) is 11.2. The summed E-state index contributed by atoms with van der Waals surface area (Å²) in [5.41, 5.74) is -0.600. The van der Waals surface area contributed by atoms with Crippen LogP contribution in [0.1, 0.15) is 44.3 Å². The Hall–Kier alpha value is -2.18. The number of imidazole rings is 1. The number of carbonyl (C=O) groups is 1. The maximum Gasteiger partial charge on any atom is 0.339 e. The van der Waals surface area contributed by atoms with E-state index in [0.29, 0.717) is 24.1 Å². The molecular weight excluding hydrogens is 272 g/mol. The molecule has 2 rings (SSSR count). The van der Waals surface area contributed by atoms with Gasteiger partial charge in [-0.2, -0.15) is 4.57 Å². The highest BCUT2D eigenvalue weighted by atomic mass is 16.2. The highest BCUT2D eigenvalue weighted by Crippen LogP contribution is 2.06. The van der Waals surface area contributed by atoms with Gasteiger partial charge in [-0.1, -0.05) is 19.8 Å². The SMILES string of the molecule is CCCCCC(=O)n1c(=O)c2c(ncn2CC)n(C)c1=O. The van der Waals surface area contributed by atoms with E-state index < -0.39 is 17.2 Å². The molecule has 0 aromatic carbocycles. The third-order valence-electron chi connectivity index (χ3n) is 3.60. The van der Waals surface area contributed by atoms with E-state index in [1.165, 1.54) is 17.9 Å². The van der Waals surface area contributed by atoms with Gasteiger partial charge in [-0.05, 0) is 13.3 Å². The number of aromatic nitrogens is 4. The van der Waals surface area contributed by atoms with Crippen molar-refractivity contribution in [2.45, 2.75) is 46.1 Å². The molecule has 0 saturated carbocycles. The molecule has 7 heteroatoms. The van der Waals surface area contributed by atoms with Crippen molar-refractivity contribution in [2.75, 3.05) is 0 Å². The van der Waals surface area contributed by atoms with Crippen molar-refractivity contribution >= 4 is 17.1 Å². The Kier molecular flexibility index (Phi) is 4.40. The van der Waals surface area contributed by atoms with Crippen molar-refractivity contribution < 1.29 is 4.79 Å². The molecule has 0 spiro atoms.